The number of anilines is 2. The lowest BCUT2D eigenvalue weighted by Crippen LogP contribution is -2.50. The summed E-state index contributed by atoms with van der Waals surface area (Å²) in [6.07, 6.45) is 4.81. The lowest BCUT2D eigenvalue weighted by Gasteiger charge is -2.42. The van der Waals surface area contributed by atoms with E-state index in [-0.39, 0.29) is 11.8 Å². The zero-order chi connectivity index (χ0) is 24.2. The lowest BCUT2D eigenvalue weighted by atomic mass is 9.93. The van der Waals surface area contributed by atoms with Gasteiger partial charge < -0.3 is 14.7 Å². The molecule has 182 valence electrons. The van der Waals surface area contributed by atoms with Crippen LogP contribution in [0.15, 0.2) is 48.5 Å². The van der Waals surface area contributed by atoms with Crippen molar-refractivity contribution < 1.29 is 9.59 Å². The van der Waals surface area contributed by atoms with Gasteiger partial charge in [0.1, 0.15) is 0 Å². The van der Waals surface area contributed by atoms with E-state index in [0.29, 0.717) is 43.7 Å². The first-order chi connectivity index (χ1) is 16.4. The van der Waals surface area contributed by atoms with E-state index in [0.717, 1.165) is 42.6 Å². The normalized spacial score (nSPS) is 21.4. The summed E-state index contributed by atoms with van der Waals surface area (Å²) in [5.41, 5.74) is 3.68. The van der Waals surface area contributed by atoms with Crippen LogP contribution in [0.25, 0.3) is 0 Å². The standard InChI is InChI=1S/C28H38N4O2/c1-5-27(33)32-17-16-23-12-9-14-25(30(23)4)20-31(19-22-10-6-7-15-26(22)32)28(34)21-11-8-13-24(18-21)29(2)3/h6-8,10-11,13,15,18,23,25H,5,9,12,14,16-17,19-20H2,1-4H3. The molecule has 2 aliphatic heterocycles. The summed E-state index contributed by atoms with van der Waals surface area (Å²) in [4.78, 5) is 35.3. The number of para-hydroxylation sites is 1. The zero-order valence-electron chi connectivity index (χ0n) is 21.0. The maximum Gasteiger partial charge on any atom is 0.254 e. The Hall–Kier alpha value is -2.86. The number of rotatable bonds is 3. The van der Waals surface area contributed by atoms with E-state index >= 15 is 0 Å². The molecule has 6 nitrogen and oxygen atoms in total. The van der Waals surface area contributed by atoms with Gasteiger partial charge in [0.2, 0.25) is 5.91 Å². The average Bonchev–Trinajstić information content (AvgIpc) is 2.86. The highest BCUT2D eigenvalue weighted by Gasteiger charge is 2.33. The minimum absolute atomic E-state index is 0.0432. The molecule has 2 aromatic rings. The van der Waals surface area contributed by atoms with Crippen LogP contribution in [-0.2, 0) is 11.3 Å². The van der Waals surface area contributed by atoms with Crippen molar-refractivity contribution in [3.05, 3.63) is 59.7 Å². The number of fused-ring (bicyclic) bond motifs is 3. The summed E-state index contributed by atoms with van der Waals surface area (Å²) >= 11 is 0. The zero-order valence-corrected chi connectivity index (χ0v) is 21.0. The van der Waals surface area contributed by atoms with Gasteiger partial charge in [0.25, 0.3) is 5.91 Å². The first kappa shape index (κ1) is 24.3. The van der Waals surface area contributed by atoms with Gasteiger partial charge in [0.15, 0.2) is 0 Å². The Kier molecular flexibility index (Phi) is 7.57. The average molecular weight is 463 g/mol. The largest absolute Gasteiger partial charge is 0.378 e. The molecule has 1 fully saturated rings. The summed E-state index contributed by atoms with van der Waals surface area (Å²) in [6.45, 7) is 3.81. The topological polar surface area (TPSA) is 47.1 Å². The Morgan fingerprint density at radius 2 is 1.76 bits per heavy atom. The highest BCUT2D eigenvalue weighted by molar-refractivity contribution is 5.96. The fraction of sp³-hybridized carbons (Fsp3) is 0.500. The Balaban J connectivity index is 1.75. The molecule has 2 aliphatic rings. The summed E-state index contributed by atoms with van der Waals surface area (Å²) in [6, 6.07) is 16.7. The van der Waals surface area contributed by atoms with E-state index in [9.17, 15) is 9.59 Å². The molecule has 2 atom stereocenters. The van der Waals surface area contributed by atoms with Crippen LogP contribution in [0.5, 0.6) is 0 Å². The van der Waals surface area contributed by atoms with Crippen molar-refractivity contribution in [2.75, 3.05) is 44.0 Å². The van der Waals surface area contributed by atoms with Crippen LogP contribution < -0.4 is 9.80 Å². The SMILES string of the molecule is CCC(=O)N1CCC2CCCC(CN(C(=O)c3cccc(N(C)C)c3)Cc3ccccc31)N2C. The highest BCUT2D eigenvalue weighted by atomic mass is 16.2. The minimum atomic E-state index is 0.0432. The molecular formula is C28H38N4O2. The van der Waals surface area contributed by atoms with Crippen LogP contribution >= 0.6 is 0 Å². The molecule has 0 spiro atoms. The van der Waals surface area contributed by atoms with E-state index < -0.39 is 0 Å². The maximum atomic E-state index is 13.9. The van der Waals surface area contributed by atoms with Gasteiger partial charge in [-0.1, -0.05) is 37.6 Å². The van der Waals surface area contributed by atoms with Crippen molar-refractivity contribution in [3.63, 3.8) is 0 Å². The third-order valence-corrected chi connectivity index (χ3v) is 7.49. The van der Waals surface area contributed by atoms with Crippen molar-refractivity contribution in [1.82, 2.24) is 9.80 Å². The van der Waals surface area contributed by atoms with Crippen molar-refractivity contribution in [2.45, 2.75) is 57.7 Å². The van der Waals surface area contributed by atoms with E-state index in [4.69, 9.17) is 0 Å². The molecule has 0 radical (unpaired) electrons. The second-order valence-electron chi connectivity index (χ2n) is 9.85. The second-order valence-corrected chi connectivity index (χ2v) is 9.85. The number of nitrogens with zero attached hydrogens (tertiary/aromatic N) is 4. The number of carbonyl (C=O) groups is 2. The number of piperidine rings is 1. The van der Waals surface area contributed by atoms with Crippen LogP contribution in [0, 0.1) is 0 Å². The molecule has 2 unspecified atom stereocenters. The molecule has 0 saturated carbocycles. The van der Waals surface area contributed by atoms with Crippen molar-refractivity contribution in [2.24, 2.45) is 0 Å². The first-order valence-corrected chi connectivity index (χ1v) is 12.6. The summed E-state index contributed by atoms with van der Waals surface area (Å²) < 4.78 is 0. The number of likely N-dealkylation sites (N-methyl/N-ethyl adjacent to an activating group) is 1. The second kappa shape index (κ2) is 10.6. The number of carbonyl (C=O) groups excluding carboxylic acids is 2. The predicted molar refractivity (Wildman–Crippen MR) is 138 cm³/mol. The smallest absolute Gasteiger partial charge is 0.254 e. The van der Waals surface area contributed by atoms with Gasteiger partial charge in [-0.05, 0) is 56.1 Å². The van der Waals surface area contributed by atoms with E-state index in [1.54, 1.807) is 0 Å². The number of amides is 2. The van der Waals surface area contributed by atoms with Crippen molar-refractivity contribution in [1.29, 1.82) is 0 Å². The molecule has 0 N–H and O–H groups in total. The summed E-state index contributed by atoms with van der Waals surface area (Å²) in [7, 11) is 6.17. The van der Waals surface area contributed by atoms with Gasteiger partial charge in [0.05, 0.1) is 0 Å². The molecule has 2 heterocycles. The molecule has 2 bridgehead atoms. The van der Waals surface area contributed by atoms with Gasteiger partial charge in [-0.3, -0.25) is 14.5 Å². The molecule has 0 aliphatic carbocycles. The van der Waals surface area contributed by atoms with Crippen LogP contribution in [0.3, 0.4) is 0 Å². The van der Waals surface area contributed by atoms with Gasteiger partial charge in [-0.25, -0.2) is 0 Å². The van der Waals surface area contributed by atoms with E-state index in [1.807, 2.05) is 78.2 Å². The number of benzene rings is 2. The van der Waals surface area contributed by atoms with Gasteiger partial charge in [0, 0.05) is 69.2 Å². The van der Waals surface area contributed by atoms with Crippen LogP contribution in [0.1, 0.15) is 54.9 Å². The summed E-state index contributed by atoms with van der Waals surface area (Å²) in [5.74, 6) is 0.180. The Bertz CT molecular complexity index is 1020. The highest BCUT2D eigenvalue weighted by Crippen LogP contribution is 2.30. The quantitative estimate of drug-likeness (QED) is 0.679. The molecule has 1 saturated heterocycles. The molecular weight excluding hydrogens is 424 g/mol. The van der Waals surface area contributed by atoms with Crippen molar-refractivity contribution >= 4 is 23.2 Å². The fourth-order valence-corrected chi connectivity index (χ4v) is 5.40. The van der Waals surface area contributed by atoms with Crippen LogP contribution in [0.2, 0.25) is 0 Å². The summed E-state index contributed by atoms with van der Waals surface area (Å²) in [5, 5.41) is 0. The van der Waals surface area contributed by atoms with Gasteiger partial charge in [-0.2, -0.15) is 0 Å². The third kappa shape index (κ3) is 5.12. The van der Waals surface area contributed by atoms with Gasteiger partial charge in [-0.15, -0.1) is 0 Å². The van der Waals surface area contributed by atoms with Crippen molar-refractivity contribution in [3.8, 4) is 0 Å². The lowest BCUT2D eigenvalue weighted by molar-refractivity contribution is -0.118. The monoisotopic (exact) mass is 462 g/mol. The maximum absolute atomic E-state index is 13.9. The van der Waals surface area contributed by atoms with E-state index in [1.165, 1.54) is 0 Å². The number of hydrogen-bond donors (Lipinski definition) is 0. The Labute approximate surface area is 204 Å². The minimum Gasteiger partial charge on any atom is -0.378 e. The third-order valence-electron chi connectivity index (χ3n) is 7.49. The van der Waals surface area contributed by atoms with Gasteiger partial charge >= 0.3 is 0 Å². The Morgan fingerprint density at radius 3 is 2.53 bits per heavy atom. The molecule has 2 aromatic carbocycles. The molecule has 4 rings (SSSR count). The van der Waals surface area contributed by atoms with Crippen LogP contribution in [-0.4, -0.2) is 67.9 Å². The Morgan fingerprint density at radius 1 is 1.00 bits per heavy atom. The molecule has 34 heavy (non-hydrogen) atoms. The first-order valence-electron chi connectivity index (χ1n) is 12.6. The van der Waals surface area contributed by atoms with Crippen LogP contribution in [0.4, 0.5) is 11.4 Å². The molecule has 2 amide bonds. The van der Waals surface area contributed by atoms with E-state index in [2.05, 4.69) is 18.0 Å². The predicted octanol–water partition coefficient (Wildman–Crippen LogP) is 4.39. The fourth-order valence-electron chi connectivity index (χ4n) is 5.40. The molecule has 6 heteroatoms. The number of hydrogen-bond acceptors (Lipinski definition) is 4. The molecule has 0 aromatic heterocycles.